The highest BCUT2D eigenvalue weighted by Crippen LogP contribution is 2.20. The molecular weight excluding hydrogens is 210 g/mol. The van der Waals surface area contributed by atoms with Gasteiger partial charge in [-0.2, -0.15) is 0 Å². The van der Waals surface area contributed by atoms with Crippen molar-refractivity contribution in [2.75, 3.05) is 0 Å². The molecule has 0 aliphatic carbocycles. The SMILES string of the molecule is CCCc1c([Si](C)(C)C)[nH]c2ccccc12. The molecule has 86 valence electrons. The van der Waals surface area contributed by atoms with Crippen molar-refractivity contribution in [3.63, 3.8) is 0 Å². The van der Waals surface area contributed by atoms with Crippen LogP contribution in [0.2, 0.25) is 19.6 Å². The summed E-state index contributed by atoms with van der Waals surface area (Å²) < 4.78 is 0. The highest BCUT2D eigenvalue weighted by atomic mass is 28.3. The predicted molar refractivity (Wildman–Crippen MR) is 75.3 cm³/mol. The lowest BCUT2D eigenvalue weighted by molar-refractivity contribution is 0.933. The largest absolute Gasteiger partial charge is 0.362 e. The number of rotatable bonds is 3. The monoisotopic (exact) mass is 231 g/mol. The van der Waals surface area contributed by atoms with Crippen molar-refractivity contribution in [3.05, 3.63) is 29.8 Å². The Balaban J connectivity index is 2.68. The van der Waals surface area contributed by atoms with Crippen molar-refractivity contribution in [3.8, 4) is 0 Å². The molecular formula is C14H21NSi. The Morgan fingerprint density at radius 1 is 1.12 bits per heavy atom. The van der Waals surface area contributed by atoms with Crippen molar-refractivity contribution in [2.24, 2.45) is 0 Å². The standard InChI is InChI=1S/C14H21NSi/c1-5-8-12-11-9-6-7-10-13(11)15-14(12)16(2,3)4/h6-7,9-10,15H,5,8H2,1-4H3. The predicted octanol–water partition coefficient (Wildman–Crippen LogP) is 3.67. The van der Waals surface area contributed by atoms with Gasteiger partial charge in [0.2, 0.25) is 0 Å². The summed E-state index contributed by atoms with van der Waals surface area (Å²) in [7, 11) is -1.25. The van der Waals surface area contributed by atoms with Crippen molar-refractivity contribution >= 4 is 24.3 Å². The minimum Gasteiger partial charge on any atom is -0.362 e. The van der Waals surface area contributed by atoms with Crippen LogP contribution in [0.25, 0.3) is 10.9 Å². The number of aromatic nitrogens is 1. The van der Waals surface area contributed by atoms with Crippen LogP contribution in [0.1, 0.15) is 18.9 Å². The Morgan fingerprint density at radius 3 is 2.44 bits per heavy atom. The summed E-state index contributed by atoms with van der Waals surface area (Å²) in [5.41, 5.74) is 2.88. The third kappa shape index (κ3) is 1.94. The highest BCUT2D eigenvalue weighted by Gasteiger charge is 2.23. The molecule has 0 spiro atoms. The van der Waals surface area contributed by atoms with E-state index in [9.17, 15) is 0 Å². The molecule has 1 heterocycles. The molecule has 1 N–H and O–H groups in total. The Kier molecular flexibility index (Phi) is 2.93. The fourth-order valence-electron chi connectivity index (χ4n) is 2.35. The minimum absolute atomic E-state index is 1.20. The zero-order valence-electron chi connectivity index (χ0n) is 10.7. The van der Waals surface area contributed by atoms with Gasteiger partial charge in [0.05, 0.1) is 8.07 Å². The summed E-state index contributed by atoms with van der Waals surface area (Å²) in [6, 6.07) is 8.70. The van der Waals surface area contributed by atoms with Crippen LogP contribution in [0.4, 0.5) is 0 Å². The average molecular weight is 231 g/mol. The summed E-state index contributed by atoms with van der Waals surface area (Å²) >= 11 is 0. The van der Waals surface area contributed by atoms with Crippen molar-refractivity contribution in [2.45, 2.75) is 39.4 Å². The van der Waals surface area contributed by atoms with Crippen LogP contribution in [0, 0.1) is 0 Å². The molecule has 1 nitrogen and oxygen atoms in total. The van der Waals surface area contributed by atoms with E-state index in [-0.39, 0.29) is 0 Å². The summed E-state index contributed by atoms with van der Waals surface area (Å²) in [4.78, 5) is 3.65. The molecule has 0 saturated carbocycles. The normalized spacial score (nSPS) is 12.2. The molecule has 2 heteroatoms. The van der Waals surface area contributed by atoms with Crippen molar-refractivity contribution in [1.29, 1.82) is 0 Å². The van der Waals surface area contributed by atoms with Gasteiger partial charge in [-0.05, 0) is 18.1 Å². The Morgan fingerprint density at radius 2 is 1.81 bits per heavy atom. The van der Waals surface area contributed by atoms with Crippen LogP contribution in [0.3, 0.4) is 0 Å². The number of nitrogens with one attached hydrogen (secondary N) is 1. The fourth-order valence-corrected chi connectivity index (χ4v) is 4.02. The van der Waals surface area contributed by atoms with Gasteiger partial charge in [0, 0.05) is 16.2 Å². The van der Waals surface area contributed by atoms with E-state index in [2.05, 4.69) is 55.8 Å². The molecule has 1 aromatic carbocycles. The number of aromatic amines is 1. The topological polar surface area (TPSA) is 15.8 Å². The molecule has 0 saturated heterocycles. The Bertz CT molecular complexity index is 491. The Labute approximate surface area is 98.9 Å². The first-order valence-corrected chi connectivity index (χ1v) is 9.64. The van der Waals surface area contributed by atoms with Gasteiger partial charge in [-0.1, -0.05) is 51.2 Å². The van der Waals surface area contributed by atoms with Crippen LogP contribution < -0.4 is 5.32 Å². The molecule has 2 aromatic rings. The molecule has 1 aromatic heterocycles. The maximum Gasteiger partial charge on any atom is 0.0985 e. The van der Waals surface area contributed by atoms with Gasteiger partial charge in [0.1, 0.15) is 0 Å². The van der Waals surface area contributed by atoms with Crippen molar-refractivity contribution < 1.29 is 0 Å². The van der Waals surface area contributed by atoms with Crippen LogP contribution in [-0.4, -0.2) is 13.1 Å². The first-order valence-electron chi connectivity index (χ1n) is 6.14. The lowest BCUT2D eigenvalue weighted by atomic mass is 10.1. The molecule has 16 heavy (non-hydrogen) atoms. The van der Waals surface area contributed by atoms with Crippen LogP contribution in [0.15, 0.2) is 24.3 Å². The molecule has 0 aliphatic rings. The molecule has 0 fully saturated rings. The van der Waals surface area contributed by atoms with Crippen LogP contribution >= 0.6 is 0 Å². The average Bonchev–Trinajstić information content (AvgIpc) is 2.58. The van der Waals surface area contributed by atoms with Gasteiger partial charge in [-0.15, -0.1) is 0 Å². The second-order valence-electron chi connectivity index (χ2n) is 5.52. The van der Waals surface area contributed by atoms with Crippen molar-refractivity contribution in [1.82, 2.24) is 4.98 Å². The Hall–Kier alpha value is -1.02. The van der Waals surface area contributed by atoms with Gasteiger partial charge in [0.25, 0.3) is 0 Å². The lowest BCUT2D eigenvalue weighted by Gasteiger charge is -2.17. The van der Waals surface area contributed by atoms with Crippen LogP contribution in [-0.2, 0) is 6.42 Å². The molecule has 0 aliphatic heterocycles. The number of hydrogen-bond acceptors (Lipinski definition) is 0. The van der Waals surface area contributed by atoms with Gasteiger partial charge in [-0.3, -0.25) is 0 Å². The zero-order valence-corrected chi connectivity index (χ0v) is 11.7. The molecule has 0 unspecified atom stereocenters. The fraction of sp³-hybridized carbons (Fsp3) is 0.429. The summed E-state index contributed by atoms with van der Waals surface area (Å²) in [6.45, 7) is 9.50. The van der Waals surface area contributed by atoms with E-state index in [1.807, 2.05) is 0 Å². The number of benzene rings is 1. The smallest absolute Gasteiger partial charge is 0.0985 e. The van der Waals surface area contributed by atoms with E-state index in [4.69, 9.17) is 0 Å². The molecule has 0 atom stereocenters. The van der Waals surface area contributed by atoms with E-state index in [0.717, 1.165) is 0 Å². The second-order valence-corrected chi connectivity index (χ2v) is 10.5. The first kappa shape index (κ1) is 11.5. The third-order valence-electron chi connectivity index (χ3n) is 3.06. The number of hydrogen-bond donors (Lipinski definition) is 1. The first-order chi connectivity index (χ1) is 7.54. The highest BCUT2D eigenvalue weighted by molar-refractivity contribution is 6.88. The number of para-hydroxylation sites is 1. The number of fused-ring (bicyclic) bond motifs is 1. The zero-order chi connectivity index (χ0) is 11.8. The lowest BCUT2D eigenvalue weighted by Crippen LogP contribution is -2.40. The number of aryl methyl sites for hydroxylation is 1. The summed E-state index contributed by atoms with van der Waals surface area (Å²) in [5, 5.41) is 2.97. The number of H-pyrrole nitrogens is 1. The second kappa shape index (κ2) is 4.09. The van der Waals surface area contributed by atoms with E-state index in [1.165, 1.54) is 29.1 Å². The molecule has 0 bridgehead atoms. The van der Waals surface area contributed by atoms with E-state index < -0.39 is 8.07 Å². The maximum atomic E-state index is 3.65. The van der Waals surface area contributed by atoms with E-state index in [0.29, 0.717) is 0 Å². The third-order valence-corrected chi connectivity index (χ3v) is 4.99. The molecule has 0 radical (unpaired) electrons. The van der Waals surface area contributed by atoms with E-state index in [1.54, 1.807) is 5.56 Å². The van der Waals surface area contributed by atoms with Crippen LogP contribution in [0.5, 0.6) is 0 Å². The maximum absolute atomic E-state index is 3.65. The minimum atomic E-state index is -1.25. The van der Waals surface area contributed by atoms with Gasteiger partial charge < -0.3 is 4.98 Å². The summed E-state index contributed by atoms with van der Waals surface area (Å²) in [5.74, 6) is 0. The molecule has 0 amide bonds. The van der Waals surface area contributed by atoms with Gasteiger partial charge in [-0.25, -0.2) is 0 Å². The van der Waals surface area contributed by atoms with E-state index >= 15 is 0 Å². The summed E-state index contributed by atoms with van der Waals surface area (Å²) in [6.07, 6.45) is 2.42. The quantitative estimate of drug-likeness (QED) is 0.776. The van der Waals surface area contributed by atoms with Gasteiger partial charge in [0.15, 0.2) is 0 Å². The van der Waals surface area contributed by atoms with Gasteiger partial charge >= 0.3 is 0 Å². The molecule has 2 rings (SSSR count).